The zero-order valence-corrected chi connectivity index (χ0v) is 64.6. The second kappa shape index (κ2) is 30.6. The molecule has 0 saturated heterocycles. The molecule has 0 N–H and O–H groups in total. The van der Waals surface area contributed by atoms with Gasteiger partial charge in [-0.3, -0.25) is 0 Å². The standard InChI is InChI=1S/C58H39N.C56H41N/c1-5-18-42(19-6-1)54-39-53(43-32-29-41(30-33-43)46-34-31-40-17-13-14-22-45(40)37-46)56(44-20-7-2-8-21-44)58-52-36-35-49(38-55(52)50-27-15-16-28-51(50)57(54)58)59(47-23-9-3-10-24-47)48-25-11-4-12-26-48;1-38-16-14-24-45(34-38)57(46-25-15-17-39(2)35-46)47-32-33-50-53(36-47)48-26-12-13-27-49(48)55-52(42-20-8-4-9-21-42)37-51(54(56(50)55)44-22-10-5-11-23-44)43-30-28-41(29-31-43)40-18-6-3-7-19-40/h1-39H;3-37H,1-2H3. The Labute approximate surface area is 677 Å². The van der Waals surface area contributed by atoms with E-state index in [0.717, 1.165) is 34.1 Å². The monoisotopic (exact) mass is 1480 g/mol. The average Bonchev–Trinajstić information content (AvgIpc) is 0.712. The number of anilines is 6. The van der Waals surface area contributed by atoms with Crippen molar-refractivity contribution in [2.45, 2.75) is 13.8 Å². The molecular weight excluding hydrogens is 1400 g/mol. The van der Waals surface area contributed by atoms with Crippen LogP contribution in [0.5, 0.6) is 0 Å². The zero-order valence-electron chi connectivity index (χ0n) is 64.6. The molecule has 546 valence electrons. The number of nitrogens with zero attached hydrogens (tertiary/aromatic N) is 2. The molecule has 0 saturated carbocycles. The summed E-state index contributed by atoms with van der Waals surface area (Å²) in [5.74, 6) is 0. The minimum Gasteiger partial charge on any atom is -0.310 e. The molecule has 0 atom stereocenters. The van der Waals surface area contributed by atoms with E-state index in [1.54, 1.807) is 0 Å². The molecule has 0 aliphatic carbocycles. The Kier molecular flexibility index (Phi) is 18.5. The van der Waals surface area contributed by atoms with Crippen LogP contribution in [0.1, 0.15) is 11.1 Å². The molecule has 0 bridgehead atoms. The molecule has 116 heavy (non-hydrogen) atoms. The maximum Gasteiger partial charge on any atom is 0.0468 e. The summed E-state index contributed by atoms with van der Waals surface area (Å²) >= 11 is 0. The van der Waals surface area contributed by atoms with E-state index in [1.165, 1.54) is 176 Å². The fourth-order valence-electron chi connectivity index (χ4n) is 17.8. The molecule has 21 aromatic rings. The van der Waals surface area contributed by atoms with Crippen molar-refractivity contribution in [2.75, 3.05) is 9.80 Å². The van der Waals surface area contributed by atoms with Gasteiger partial charge in [0.1, 0.15) is 0 Å². The van der Waals surface area contributed by atoms with Crippen molar-refractivity contribution >= 4 is 110 Å². The lowest BCUT2D eigenvalue weighted by molar-refractivity contribution is 1.26. The Morgan fingerprint density at radius 3 is 0.862 bits per heavy atom. The van der Waals surface area contributed by atoms with Gasteiger partial charge in [-0.2, -0.15) is 0 Å². The molecule has 0 aliphatic heterocycles. The van der Waals surface area contributed by atoms with Gasteiger partial charge in [0.25, 0.3) is 0 Å². The smallest absolute Gasteiger partial charge is 0.0468 e. The number of hydrogen-bond donors (Lipinski definition) is 0. The molecular formula is C114H80N2. The van der Waals surface area contributed by atoms with E-state index in [4.69, 9.17) is 0 Å². The van der Waals surface area contributed by atoms with E-state index in [-0.39, 0.29) is 0 Å². The van der Waals surface area contributed by atoms with Crippen molar-refractivity contribution in [1.29, 1.82) is 0 Å². The predicted molar refractivity (Wildman–Crippen MR) is 498 cm³/mol. The first kappa shape index (κ1) is 70.2. The topological polar surface area (TPSA) is 6.48 Å². The molecule has 0 heterocycles. The molecule has 0 fully saturated rings. The van der Waals surface area contributed by atoms with Crippen molar-refractivity contribution in [3.8, 4) is 89.0 Å². The maximum atomic E-state index is 2.45. The molecule has 0 unspecified atom stereocenters. The van der Waals surface area contributed by atoms with Crippen LogP contribution in [0.4, 0.5) is 34.1 Å². The number of para-hydroxylation sites is 2. The summed E-state index contributed by atoms with van der Waals surface area (Å²) in [6.45, 7) is 4.33. The SMILES string of the molecule is Cc1cccc(N(c2cccc(C)c2)c2ccc3c(c2)c2ccccc2c2c(-c4ccccc4)cc(-c4ccc(-c5ccccc5)cc4)c(-c4ccccc4)c32)c1.c1ccc(-c2cc(-c3ccc(-c4ccc5ccccc5c4)cc3)c(-c3ccccc3)c3c4ccc(N(c5ccccc5)c5ccccc5)cc4c4ccccc4c23)cc1. The third-order valence-corrected chi connectivity index (χ3v) is 23.1. The van der Waals surface area contributed by atoms with E-state index in [0.29, 0.717) is 0 Å². The minimum absolute atomic E-state index is 1.12. The van der Waals surface area contributed by atoms with Gasteiger partial charge < -0.3 is 9.80 Å². The summed E-state index contributed by atoms with van der Waals surface area (Å²) < 4.78 is 0. The van der Waals surface area contributed by atoms with E-state index in [2.05, 4.69) is 473 Å². The summed E-state index contributed by atoms with van der Waals surface area (Å²) in [5.41, 5.74) is 28.6. The Morgan fingerprint density at radius 2 is 0.440 bits per heavy atom. The summed E-state index contributed by atoms with van der Waals surface area (Å²) in [6, 6.07) is 164. The summed E-state index contributed by atoms with van der Waals surface area (Å²) in [5, 5.41) is 17.5. The second-order valence-electron chi connectivity index (χ2n) is 30.3. The molecule has 2 nitrogen and oxygen atoms in total. The Hall–Kier alpha value is -15.0. The van der Waals surface area contributed by atoms with Crippen LogP contribution < -0.4 is 9.80 Å². The van der Waals surface area contributed by atoms with Crippen LogP contribution >= 0.6 is 0 Å². The van der Waals surface area contributed by atoms with Crippen LogP contribution in [0.25, 0.3) is 164 Å². The van der Waals surface area contributed by atoms with Gasteiger partial charge in [-0.1, -0.05) is 358 Å². The zero-order chi connectivity index (χ0) is 77.4. The molecule has 2 heteroatoms. The fourth-order valence-corrected chi connectivity index (χ4v) is 17.8. The van der Waals surface area contributed by atoms with E-state index in [1.807, 2.05) is 0 Å². The van der Waals surface area contributed by atoms with Crippen molar-refractivity contribution in [3.05, 3.63) is 460 Å². The Morgan fingerprint density at radius 1 is 0.147 bits per heavy atom. The van der Waals surface area contributed by atoms with E-state index >= 15 is 0 Å². The number of aryl methyl sites for hydroxylation is 2. The lowest BCUT2D eigenvalue weighted by atomic mass is 9.81. The quantitative estimate of drug-likeness (QED) is 0.100. The molecule has 0 spiro atoms. The maximum absolute atomic E-state index is 2.45. The van der Waals surface area contributed by atoms with Crippen LogP contribution in [-0.2, 0) is 0 Å². The van der Waals surface area contributed by atoms with Crippen LogP contribution in [0.3, 0.4) is 0 Å². The van der Waals surface area contributed by atoms with Gasteiger partial charge in [0.05, 0.1) is 0 Å². The van der Waals surface area contributed by atoms with Gasteiger partial charge >= 0.3 is 0 Å². The van der Waals surface area contributed by atoms with Gasteiger partial charge in [0, 0.05) is 34.1 Å². The number of fused-ring (bicyclic) bond motifs is 13. The highest BCUT2D eigenvalue weighted by molar-refractivity contribution is 6.35. The van der Waals surface area contributed by atoms with Crippen LogP contribution in [0.2, 0.25) is 0 Å². The average molecular weight is 1480 g/mol. The number of hydrogen-bond acceptors (Lipinski definition) is 2. The van der Waals surface area contributed by atoms with Gasteiger partial charge in [-0.25, -0.2) is 0 Å². The highest BCUT2D eigenvalue weighted by atomic mass is 15.1. The summed E-state index contributed by atoms with van der Waals surface area (Å²) in [7, 11) is 0. The van der Waals surface area contributed by atoms with Crippen LogP contribution in [0, 0.1) is 13.8 Å². The third kappa shape index (κ3) is 13.2. The van der Waals surface area contributed by atoms with Gasteiger partial charge in [-0.05, 0) is 280 Å². The lowest BCUT2D eigenvalue weighted by Gasteiger charge is -2.27. The van der Waals surface area contributed by atoms with Crippen molar-refractivity contribution in [2.24, 2.45) is 0 Å². The minimum atomic E-state index is 1.12. The van der Waals surface area contributed by atoms with Crippen LogP contribution in [0.15, 0.2) is 449 Å². The molecule has 0 aromatic heterocycles. The predicted octanol–water partition coefficient (Wildman–Crippen LogP) is 32.3. The molecule has 21 rings (SSSR count). The van der Waals surface area contributed by atoms with Crippen molar-refractivity contribution in [1.82, 2.24) is 0 Å². The van der Waals surface area contributed by atoms with Gasteiger partial charge in [0.2, 0.25) is 0 Å². The molecule has 0 radical (unpaired) electrons. The first-order valence-electron chi connectivity index (χ1n) is 40.1. The highest BCUT2D eigenvalue weighted by Gasteiger charge is 2.26. The Balaban J connectivity index is 0.000000150. The highest BCUT2D eigenvalue weighted by Crippen LogP contribution is 2.53. The Bertz CT molecular complexity index is 7130. The van der Waals surface area contributed by atoms with Gasteiger partial charge in [-0.15, -0.1) is 0 Å². The van der Waals surface area contributed by atoms with Crippen molar-refractivity contribution in [3.63, 3.8) is 0 Å². The number of benzene rings is 21. The molecule has 0 amide bonds. The fraction of sp³-hybridized carbons (Fsp3) is 0.0175. The second-order valence-corrected chi connectivity index (χ2v) is 30.3. The van der Waals surface area contributed by atoms with E-state index < -0.39 is 0 Å². The normalized spacial score (nSPS) is 11.4. The molecule has 0 aliphatic rings. The van der Waals surface area contributed by atoms with Crippen LogP contribution in [-0.4, -0.2) is 0 Å². The summed E-state index contributed by atoms with van der Waals surface area (Å²) in [6.07, 6.45) is 0. The third-order valence-electron chi connectivity index (χ3n) is 23.1. The lowest BCUT2D eigenvalue weighted by Crippen LogP contribution is -2.10. The largest absolute Gasteiger partial charge is 0.310 e. The van der Waals surface area contributed by atoms with Crippen molar-refractivity contribution < 1.29 is 0 Å². The molecule has 21 aromatic carbocycles. The first-order valence-corrected chi connectivity index (χ1v) is 40.1. The first-order chi connectivity index (χ1) is 57.4. The number of rotatable bonds is 14. The van der Waals surface area contributed by atoms with E-state index in [9.17, 15) is 0 Å². The van der Waals surface area contributed by atoms with Gasteiger partial charge in [0.15, 0.2) is 0 Å². The summed E-state index contributed by atoms with van der Waals surface area (Å²) in [4.78, 5) is 4.76.